The summed E-state index contributed by atoms with van der Waals surface area (Å²) in [5.74, 6) is 3.40. The van der Waals surface area contributed by atoms with E-state index in [4.69, 9.17) is 4.74 Å². The maximum absolute atomic E-state index is 12.8. The Morgan fingerprint density at radius 1 is 0.862 bits per heavy atom. The zero-order chi connectivity index (χ0) is 20.5. The molecule has 0 spiro atoms. The first-order valence-corrected chi connectivity index (χ1v) is 12.5. The molecule has 0 heterocycles. The van der Waals surface area contributed by atoms with E-state index in [9.17, 15) is 4.79 Å². The van der Waals surface area contributed by atoms with Gasteiger partial charge in [-0.1, -0.05) is 70.9 Å². The van der Waals surface area contributed by atoms with E-state index in [0.717, 1.165) is 42.8 Å². The summed E-state index contributed by atoms with van der Waals surface area (Å²) >= 11 is 0. The Balaban J connectivity index is 1.43. The second-order valence-corrected chi connectivity index (χ2v) is 9.73. The molecular formula is C27H42O2. The minimum atomic E-state index is 0.00672. The molecule has 4 unspecified atom stereocenters. The van der Waals surface area contributed by atoms with Crippen molar-refractivity contribution in [3.8, 4) is 5.75 Å². The van der Waals surface area contributed by atoms with Gasteiger partial charge in [0.1, 0.15) is 5.75 Å². The first-order valence-electron chi connectivity index (χ1n) is 12.5. The minimum absolute atomic E-state index is 0.00672. The number of ether oxygens (including phenoxy) is 1. The first-order chi connectivity index (χ1) is 14.2. The summed E-state index contributed by atoms with van der Waals surface area (Å²) in [6.07, 6.45) is 17.9. The van der Waals surface area contributed by atoms with Crippen molar-refractivity contribution in [3.63, 3.8) is 0 Å². The minimum Gasteiger partial charge on any atom is -0.426 e. The van der Waals surface area contributed by atoms with Crippen molar-refractivity contribution in [2.24, 2.45) is 23.7 Å². The quantitative estimate of drug-likeness (QED) is 0.229. The molecular weight excluding hydrogens is 356 g/mol. The number of rotatable bonds is 10. The highest BCUT2D eigenvalue weighted by Crippen LogP contribution is 2.46. The summed E-state index contributed by atoms with van der Waals surface area (Å²) in [6.45, 7) is 4.52. The summed E-state index contributed by atoms with van der Waals surface area (Å²) in [4.78, 5) is 12.8. The van der Waals surface area contributed by atoms with Gasteiger partial charge in [0.25, 0.3) is 0 Å². The van der Waals surface area contributed by atoms with Gasteiger partial charge in [0.05, 0.1) is 5.92 Å². The zero-order valence-corrected chi connectivity index (χ0v) is 18.8. The summed E-state index contributed by atoms with van der Waals surface area (Å²) < 4.78 is 5.76. The Morgan fingerprint density at radius 3 is 2.31 bits per heavy atom. The second-order valence-electron chi connectivity index (χ2n) is 9.73. The van der Waals surface area contributed by atoms with Gasteiger partial charge in [-0.2, -0.15) is 0 Å². The van der Waals surface area contributed by atoms with Crippen LogP contribution in [0, 0.1) is 23.7 Å². The molecule has 0 bridgehead atoms. The predicted octanol–water partition coefficient (Wildman–Crippen LogP) is 7.74. The first kappa shape index (κ1) is 22.4. The third kappa shape index (κ3) is 6.86. The Hall–Kier alpha value is -1.31. The van der Waals surface area contributed by atoms with Gasteiger partial charge in [0, 0.05) is 0 Å². The maximum Gasteiger partial charge on any atom is 0.314 e. The fraction of sp³-hybridized carbons (Fsp3) is 0.741. The number of carbonyl (C=O) groups is 1. The maximum atomic E-state index is 12.8. The molecule has 0 radical (unpaired) electrons. The van der Waals surface area contributed by atoms with Crippen LogP contribution in [-0.2, 0) is 11.2 Å². The van der Waals surface area contributed by atoms with Crippen molar-refractivity contribution in [3.05, 3.63) is 29.8 Å². The van der Waals surface area contributed by atoms with Gasteiger partial charge in [-0.15, -0.1) is 0 Å². The van der Waals surface area contributed by atoms with Gasteiger partial charge in [-0.05, 0) is 80.4 Å². The van der Waals surface area contributed by atoms with E-state index >= 15 is 0 Å². The molecule has 0 aliphatic heterocycles. The fourth-order valence-corrected chi connectivity index (χ4v) is 5.65. The lowest BCUT2D eigenvalue weighted by Crippen LogP contribution is -2.35. The van der Waals surface area contributed by atoms with Crippen LogP contribution in [0.3, 0.4) is 0 Å². The van der Waals surface area contributed by atoms with E-state index in [1.807, 2.05) is 12.1 Å². The number of fused-ring (bicyclic) bond motifs is 1. The van der Waals surface area contributed by atoms with Crippen LogP contribution in [-0.4, -0.2) is 5.97 Å². The molecule has 1 aromatic carbocycles. The smallest absolute Gasteiger partial charge is 0.314 e. The standard InChI is InChI=1S/C27H42O2/c1-3-5-7-9-21-12-17-26(18-13-21)29-27(28)25-16-15-23-19-22(10-8-6-4-2)11-14-24(23)20-25/h12-13,17-18,22-25H,3-11,14-16,19-20H2,1-2H3. The van der Waals surface area contributed by atoms with E-state index in [1.165, 1.54) is 76.2 Å². The molecule has 2 fully saturated rings. The normalized spacial score (nSPS) is 26.7. The molecule has 29 heavy (non-hydrogen) atoms. The van der Waals surface area contributed by atoms with Crippen LogP contribution in [0.25, 0.3) is 0 Å². The predicted molar refractivity (Wildman–Crippen MR) is 121 cm³/mol. The summed E-state index contributed by atoms with van der Waals surface area (Å²) in [7, 11) is 0. The van der Waals surface area contributed by atoms with E-state index in [1.54, 1.807) is 0 Å². The third-order valence-electron chi connectivity index (χ3n) is 7.48. The Bertz CT molecular complexity index is 605. The van der Waals surface area contributed by atoms with Crippen LogP contribution in [0.2, 0.25) is 0 Å². The largest absolute Gasteiger partial charge is 0.426 e. The summed E-state index contributed by atoms with van der Waals surface area (Å²) in [5.41, 5.74) is 1.34. The van der Waals surface area contributed by atoms with E-state index in [2.05, 4.69) is 26.0 Å². The van der Waals surface area contributed by atoms with Crippen LogP contribution < -0.4 is 4.74 Å². The van der Waals surface area contributed by atoms with Gasteiger partial charge in [0.2, 0.25) is 0 Å². The molecule has 2 saturated carbocycles. The van der Waals surface area contributed by atoms with Gasteiger partial charge in [-0.3, -0.25) is 4.79 Å². The van der Waals surface area contributed by atoms with E-state index in [0.29, 0.717) is 0 Å². The van der Waals surface area contributed by atoms with Gasteiger partial charge in [0.15, 0.2) is 0 Å². The van der Waals surface area contributed by atoms with Crippen molar-refractivity contribution >= 4 is 5.97 Å². The van der Waals surface area contributed by atoms with Crippen molar-refractivity contribution in [2.75, 3.05) is 0 Å². The van der Waals surface area contributed by atoms with Crippen LogP contribution in [0.1, 0.15) is 103 Å². The zero-order valence-electron chi connectivity index (χ0n) is 18.8. The molecule has 2 aliphatic carbocycles. The second kappa shape index (κ2) is 11.8. The molecule has 0 amide bonds. The molecule has 2 aliphatic rings. The van der Waals surface area contributed by atoms with Crippen molar-refractivity contribution in [1.29, 1.82) is 0 Å². The third-order valence-corrected chi connectivity index (χ3v) is 7.48. The van der Waals surface area contributed by atoms with Gasteiger partial charge in [-0.25, -0.2) is 0 Å². The van der Waals surface area contributed by atoms with Crippen LogP contribution >= 0.6 is 0 Å². The number of unbranched alkanes of at least 4 members (excludes halogenated alkanes) is 4. The number of hydrogen-bond acceptors (Lipinski definition) is 2. The number of carbonyl (C=O) groups excluding carboxylic acids is 1. The molecule has 4 atom stereocenters. The van der Waals surface area contributed by atoms with Crippen molar-refractivity contribution in [2.45, 2.75) is 104 Å². The number of hydrogen-bond donors (Lipinski definition) is 0. The summed E-state index contributed by atoms with van der Waals surface area (Å²) in [6, 6.07) is 8.20. The lowest BCUT2D eigenvalue weighted by Gasteiger charge is -2.41. The Kier molecular flexibility index (Phi) is 9.08. The van der Waals surface area contributed by atoms with E-state index in [-0.39, 0.29) is 11.9 Å². The Labute approximate surface area is 178 Å². The highest BCUT2D eigenvalue weighted by atomic mass is 16.5. The molecule has 2 nitrogen and oxygen atoms in total. The molecule has 1 aromatic rings. The van der Waals surface area contributed by atoms with Crippen molar-refractivity contribution < 1.29 is 9.53 Å². The molecule has 0 saturated heterocycles. The lowest BCUT2D eigenvalue weighted by atomic mass is 9.64. The average molecular weight is 399 g/mol. The molecule has 3 rings (SSSR count). The van der Waals surface area contributed by atoms with Gasteiger partial charge < -0.3 is 4.74 Å². The number of esters is 1. The monoisotopic (exact) mass is 398 g/mol. The molecule has 2 heteroatoms. The van der Waals surface area contributed by atoms with Crippen LogP contribution in [0.15, 0.2) is 24.3 Å². The fourth-order valence-electron chi connectivity index (χ4n) is 5.65. The topological polar surface area (TPSA) is 26.3 Å². The molecule has 0 N–H and O–H groups in total. The highest BCUT2D eigenvalue weighted by Gasteiger charge is 2.38. The molecule has 0 aromatic heterocycles. The number of aryl methyl sites for hydroxylation is 1. The van der Waals surface area contributed by atoms with Crippen LogP contribution in [0.4, 0.5) is 0 Å². The molecule has 162 valence electrons. The SMILES string of the molecule is CCCCCc1ccc(OC(=O)C2CCC3CC(CCCCC)CCC3C2)cc1. The highest BCUT2D eigenvalue weighted by molar-refractivity contribution is 5.75. The Morgan fingerprint density at radius 2 is 1.55 bits per heavy atom. The lowest BCUT2D eigenvalue weighted by molar-refractivity contribution is -0.141. The van der Waals surface area contributed by atoms with Crippen LogP contribution in [0.5, 0.6) is 5.75 Å². The van der Waals surface area contributed by atoms with Crippen molar-refractivity contribution in [1.82, 2.24) is 0 Å². The number of benzene rings is 1. The average Bonchev–Trinajstić information content (AvgIpc) is 2.75. The van der Waals surface area contributed by atoms with Gasteiger partial charge >= 0.3 is 5.97 Å². The van der Waals surface area contributed by atoms with E-state index < -0.39 is 0 Å². The summed E-state index contributed by atoms with van der Waals surface area (Å²) in [5, 5.41) is 0.